The maximum absolute atomic E-state index is 13.7. The van der Waals surface area contributed by atoms with Gasteiger partial charge in [0.15, 0.2) is 0 Å². The zero-order valence-corrected chi connectivity index (χ0v) is 16.1. The van der Waals surface area contributed by atoms with Crippen molar-refractivity contribution in [3.8, 4) is 0 Å². The largest absolute Gasteiger partial charge is 0.337 e. The number of thiophene rings is 1. The zero-order chi connectivity index (χ0) is 19.4. The van der Waals surface area contributed by atoms with Gasteiger partial charge in [0, 0.05) is 17.5 Å². The van der Waals surface area contributed by atoms with Crippen LogP contribution in [-0.2, 0) is 16.6 Å². The van der Waals surface area contributed by atoms with E-state index in [1.165, 1.54) is 48.5 Å². The molecule has 0 spiro atoms. The molecule has 1 heterocycles. The Bertz CT molecular complexity index is 1030. The molecule has 3 aromatic rings. The van der Waals surface area contributed by atoms with Gasteiger partial charge in [-0.15, -0.1) is 11.3 Å². The van der Waals surface area contributed by atoms with Crippen LogP contribution in [0.3, 0.4) is 0 Å². The second-order valence-electron chi connectivity index (χ2n) is 5.85. The van der Waals surface area contributed by atoms with Gasteiger partial charge in [0.25, 0.3) is 15.9 Å². The molecule has 0 atom stereocenters. The highest BCUT2D eigenvalue weighted by Crippen LogP contribution is 2.20. The maximum atomic E-state index is 13.7. The minimum atomic E-state index is -3.95. The fourth-order valence-electron chi connectivity index (χ4n) is 2.45. The monoisotopic (exact) mass is 404 g/mol. The molecule has 0 bridgehead atoms. The van der Waals surface area contributed by atoms with E-state index in [2.05, 4.69) is 4.72 Å². The predicted octanol–water partition coefficient (Wildman–Crippen LogP) is 3.96. The molecule has 1 amide bonds. The number of amides is 1. The summed E-state index contributed by atoms with van der Waals surface area (Å²) in [6.07, 6.45) is 0. The number of benzene rings is 2. The van der Waals surface area contributed by atoms with Crippen molar-refractivity contribution in [3.05, 3.63) is 82.3 Å². The van der Waals surface area contributed by atoms with E-state index in [0.29, 0.717) is 12.1 Å². The normalized spacial score (nSPS) is 11.2. The molecule has 0 fully saturated rings. The summed E-state index contributed by atoms with van der Waals surface area (Å²) in [4.78, 5) is 15.0. The highest BCUT2D eigenvalue weighted by atomic mass is 32.2. The average Bonchev–Trinajstić information content (AvgIpc) is 3.16. The van der Waals surface area contributed by atoms with Crippen molar-refractivity contribution in [2.24, 2.45) is 0 Å². The number of halogens is 1. The lowest BCUT2D eigenvalue weighted by atomic mass is 10.2. The van der Waals surface area contributed by atoms with Gasteiger partial charge in [0.2, 0.25) is 0 Å². The third-order valence-corrected chi connectivity index (χ3v) is 6.09. The highest BCUT2D eigenvalue weighted by molar-refractivity contribution is 7.92. The van der Waals surface area contributed by atoms with Crippen LogP contribution in [0.5, 0.6) is 0 Å². The van der Waals surface area contributed by atoms with Crippen LogP contribution in [0.25, 0.3) is 0 Å². The predicted molar refractivity (Wildman–Crippen MR) is 104 cm³/mol. The molecule has 1 N–H and O–H groups in total. The Hall–Kier alpha value is -2.71. The molecule has 1 aromatic heterocycles. The maximum Gasteiger partial charge on any atom is 0.261 e. The van der Waals surface area contributed by atoms with Crippen molar-refractivity contribution in [2.75, 3.05) is 11.8 Å². The summed E-state index contributed by atoms with van der Waals surface area (Å²) < 4.78 is 40.7. The summed E-state index contributed by atoms with van der Waals surface area (Å²) in [6.45, 7) is 0.478. The van der Waals surface area contributed by atoms with E-state index in [1.54, 1.807) is 23.3 Å². The van der Waals surface area contributed by atoms with Gasteiger partial charge in [-0.2, -0.15) is 0 Å². The smallest absolute Gasteiger partial charge is 0.261 e. The number of hydrogen-bond donors (Lipinski definition) is 1. The van der Waals surface area contributed by atoms with E-state index in [0.717, 1.165) is 4.88 Å². The molecular weight excluding hydrogens is 387 g/mol. The number of anilines is 1. The molecule has 0 radical (unpaired) electrons. The van der Waals surface area contributed by atoms with Crippen molar-refractivity contribution in [2.45, 2.75) is 11.4 Å². The van der Waals surface area contributed by atoms with Crippen molar-refractivity contribution in [1.82, 2.24) is 4.90 Å². The third-order valence-electron chi connectivity index (χ3n) is 3.85. The molecule has 3 rings (SSSR count). The average molecular weight is 404 g/mol. The fraction of sp³-hybridized carbons (Fsp3) is 0.105. The van der Waals surface area contributed by atoms with Crippen LogP contribution in [0.2, 0.25) is 0 Å². The molecule has 0 saturated heterocycles. The van der Waals surface area contributed by atoms with Gasteiger partial charge < -0.3 is 4.90 Å². The Balaban J connectivity index is 1.74. The summed E-state index contributed by atoms with van der Waals surface area (Å²) >= 11 is 1.56. The van der Waals surface area contributed by atoms with Gasteiger partial charge in [-0.3, -0.25) is 9.52 Å². The Morgan fingerprint density at radius 3 is 2.41 bits per heavy atom. The van der Waals surface area contributed by atoms with Crippen LogP contribution in [0.1, 0.15) is 15.2 Å². The number of carbonyl (C=O) groups is 1. The first-order valence-electron chi connectivity index (χ1n) is 8.02. The number of nitrogens with zero attached hydrogens (tertiary/aromatic N) is 1. The van der Waals surface area contributed by atoms with Crippen LogP contribution >= 0.6 is 11.3 Å². The van der Waals surface area contributed by atoms with E-state index < -0.39 is 15.8 Å². The van der Waals surface area contributed by atoms with Gasteiger partial charge in [-0.1, -0.05) is 18.2 Å². The lowest BCUT2D eigenvalue weighted by Crippen LogP contribution is -2.25. The molecule has 2 aromatic carbocycles. The standard InChI is InChI=1S/C19H17FN2O3S2/c1-22(13-15-5-4-12-26-15)19(23)14-8-10-16(11-9-14)27(24,25)21-18-7-3-2-6-17(18)20/h2-12,21H,13H2,1H3. The number of hydrogen-bond acceptors (Lipinski definition) is 4. The van der Waals surface area contributed by atoms with Gasteiger partial charge in [0.05, 0.1) is 17.1 Å². The van der Waals surface area contributed by atoms with E-state index in [4.69, 9.17) is 0 Å². The summed E-state index contributed by atoms with van der Waals surface area (Å²) in [6, 6.07) is 14.9. The lowest BCUT2D eigenvalue weighted by molar-refractivity contribution is 0.0786. The molecule has 140 valence electrons. The molecule has 0 aliphatic rings. The molecule has 27 heavy (non-hydrogen) atoms. The van der Waals surface area contributed by atoms with Gasteiger partial charge in [-0.05, 0) is 47.8 Å². The highest BCUT2D eigenvalue weighted by Gasteiger charge is 2.18. The summed E-state index contributed by atoms with van der Waals surface area (Å²) in [5, 5.41) is 1.94. The van der Waals surface area contributed by atoms with Crippen LogP contribution in [0, 0.1) is 5.82 Å². The quantitative estimate of drug-likeness (QED) is 0.676. The van der Waals surface area contributed by atoms with E-state index >= 15 is 0 Å². The van der Waals surface area contributed by atoms with Crippen LogP contribution in [-0.4, -0.2) is 26.3 Å². The summed E-state index contributed by atoms with van der Waals surface area (Å²) in [5.41, 5.74) is 0.243. The van der Waals surface area contributed by atoms with E-state index in [-0.39, 0.29) is 16.5 Å². The summed E-state index contributed by atoms with van der Waals surface area (Å²) in [5.74, 6) is -0.877. The van der Waals surface area contributed by atoms with Gasteiger partial charge in [-0.25, -0.2) is 12.8 Å². The number of rotatable bonds is 6. The SMILES string of the molecule is CN(Cc1cccs1)C(=O)c1ccc(S(=O)(=O)Nc2ccccc2F)cc1. The number of sulfonamides is 1. The number of nitrogens with one attached hydrogen (secondary N) is 1. The molecule has 8 heteroatoms. The van der Waals surface area contributed by atoms with Crippen LogP contribution in [0.4, 0.5) is 10.1 Å². The first kappa shape index (κ1) is 19.1. The van der Waals surface area contributed by atoms with Crippen molar-refractivity contribution < 1.29 is 17.6 Å². The molecule has 5 nitrogen and oxygen atoms in total. The van der Waals surface area contributed by atoms with Crippen molar-refractivity contribution >= 4 is 33.0 Å². The van der Waals surface area contributed by atoms with E-state index in [1.807, 2.05) is 17.5 Å². The first-order chi connectivity index (χ1) is 12.9. The fourth-order valence-corrected chi connectivity index (χ4v) is 4.28. The van der Waals surface area contributed by atoms with Crippen molar-refractivity contribution in [1.29, 1.82) is 0 Å². The minimum Gasteiger partial charge on any atom is -0.337 e. The van der Waals surface area contributed by atoms with Gasteiger partial charge >= 0.3 is 0 Å². The topological polar surface area (TPSA) is 66.5 Å². The molecular formula is C19H17FN2O3S2. The molecule has 0 saturated carbocycles. The second-order valence-corrected chi connectivity index (χ2v) is 8.56. The van der Waals surface area contributed by atoms with Crippen LogP contribution < -0.4 is 4.72 Å². The first-order valence-corrected chi connectivity index (χ1v) is 10.4. The molecule has 0 unspecified atom stereocenters. The third kappa shape index (κ3) is 4.53. The lowest BCUT2D eigenvalue weighted by Gasteiger charge is -2.16. The number of para-hydroxylation sites is 1. The Labute approximate surface area is 161 Å². The Kier molecular flexibility index (Phi) is 5.57. The van der Waals surface area contributed by atoms with Crippen molar-refractivity contribution in [3.63, 3.8) is 0 Å². The van der Waals surface area contributed by atoms with Gasteiger partial charge in [0.1, 0.15) is 5.82 Å². The zero-order valence-electron chi connectivity index (χ0n) is 14.4. The molecule has 0 aliphatic heterocycles. The summed E-state index contributed by atoms with van der Waals surface area (Å²) in [7, 11) is -2.27. The second kappa shape index (κ2) is 7.89. The van der Waals surface area contributed by atoms with Crippen LogP contribution in [0.15, 0.2) is 70.9 Å². The van der Waals surface area contributed by atoms with E-state index in [9.17, 15) is 17.6 Å². The Morgan fingerprint density at radius 1 is 1.07 bits per heavy atom. The minimum absolute atomic E-state index is 0.0526. The number of carbonyl (C=O) groups excluding carboxylic acids is 1. The molecule has 0 aliphatic carbocycles. The Morgan fingerprint density at radius 2 is 1.78 bits per heavy atom.